The van der Waals surface area contributed by atoms with E-state index in [1.165, 1.54) is 0 Å². The van der Waals surface area contributed by atoms with E-state index >= 15 is 0 Å². The van der Waals surface area contributed by atoms with E-state index in [-0.39, 0.29) is 17.6 Å². The van der Waals surface area contributed by atoms with E-state index in [9.17, 15) is 4.79 Å². The van der Waals surface area contributed by atoms with Crippen LogP contribution in [0, 0.1) is 0 Å². The van der Waals surface area contributed by atoms with Crippen molar-refractivity contribution in [3.8, 4) is 0 Å². The van der Waals surface area contributed by atoms with E-state index in [4.69, 9.17) is 4.74 Å². The molecule has 0 aromatic carbocycles. The highest BCUT2D eigenvalue weighted by atomic mass is 32.1. The summed E-state index contributed by atoms with van der Waals surface area (Å²) < 4.78 is 5.48. The van der Waals surface area contributed by atoms with Gasteiger partial charge in [0.25, 0.3) is 0 Å². The van der Waals surface area contributed by atoms with Crippen LogP contribution in [0.5, 0.6) is 0 Å². The number of rotatable bonds is 1. The molecule has 130 valence electrons. The lowest BCUT2D eigenvalue weighted by molar-refractivity contribution is 0.0159. The van der Waals surface area contributed by atoms with E-state index in [2.05, 4.69) is 35.9 Å². The van der Waals surface area contributed by atoms with Gasteiger partial charge in [-0.05, 0) is 27.7 Å². The summed E-state index contributed by atoms with van der Waals surface area (Å²) in [6, 6.07) is 0.0839. The molecular formula is C16H28N4O2S. The average Bonchev–Trinajstić information content (AvgIpc) is 2.85. The number of hydrogen-bond acceptors (Lipinski definition) is 6. The highest BCUT2D eigenvalue weighted by Gasteiger charge is 2.32. The lowest BCUT2D eigenvalue weighted by Gasteiger charge is -2.39. The van der Waals surface area contributed by atoms with Crippen LogP contribution in [0.3, 0.4) is 0 Å². The van der Waals surface area contributed by atoms with Gasteiger partial charge in [0.1, 0.15) is 10.6 Å². The summed E-state index contributed by atoms with van der Waals surface area (Å²) >= 11 is 1.64. The molecule has 0 aliphatic carbocycles. The number of nitrogens with zero attached hydrogens (tertiary/aromatic N) is 4. The Kier molecular flexibility index (Phi) is 4.89. The van der Waals surface area contributed by atoms with Gasteiger partial charge in [-0.25, -0.2) is 4.79 Å². The molecule has 1 saturated heterocycles. The molecule has 2 rings (SSSR count). The molecular weight excluding hydrogens is 312 g/mol. The first kappa shape index (κ1) is 18.0. The van der Waals surface area contributed by atoms with Crippen LogP contribution in [-0.4, -0.2) is 52.5 Å². The molecule has 1 amide bonds. The molecule has 7 heteroatoms. The van der Waals surface area contributed by atoms with E-state index in [1.807, 2.05) is 27.7 Å². The van der Waals surface area contributed by atoms with E-state index in [1.54, 1.807) is 16.2 Å². The maximum Gasteiger partial charge on any atom is 0.410 e. The van der Waals surface area contributed by atoms with Gasteiger partial charge in [-0.2, -0.15) is 0 Å². The SMILES string of the molecule is C[C@@H]1CN(c2nnc(C(C)(C)C)s2)CCN1C(=O)OC(C)(C)C. The second kappa shape index (κ2) is 6.26. The lowest BCUT2D eigenvalue weighted by Crippen LogP contribution is -2.55. The predicted octanol–water partition coefficient (Wildman–Crippen LogP) is 3.28. The van der Waals surface area contributed by atoms with Crippen LogP contribution in [0.4, 0.5) is 9.93 Å². The molecule has 0 spiro atoms. The first-order chi connectivity index (χ1) is 10.5. The number of anilines is 1. The van der Waals surface area contributed by atoms with Gasteiger partial charge in [-0.3, -0.25) is 0 Å². The number of carbonyl (C=O) groups is 1. The predicted molar refractivity (Wildman–Crippen MR) is 93.2 cm³/mol. The number of ether oxygens (including phenoxy) is 1. The van der Waals surface area contributed by atoms with Crippen LogP contribution in [0.25, 0.3) is 0 Å². The molecule has 0 unspecified atom stereocenters. The van der Waals surface area contributed by atoms with Crippen molar-refractivity contribution in [3.05, 3.63) is 5.01 Å². The number of aromatic nitrogens is 2. The van der Waals surface area contributed by atoms with Crippen molar-refractivity contribution in [2.75, 3.05) is 24.5 Å². The summed E-state index contributed by atoms with van der Waals surface area (Å²) in [6.07, 6.45) is -0.239. The van der Waals surface area contributed by atoms with Gasteiger partial charge < -0.3 is 14.5 Å². The second-order valence-corrected chi connectivity index (χ2v) is 9.06. The fourth-order valence-electron chi connectivity index (χ4n) is 2.37. The summed E-state index contributed by atoms with van der Waals surface area (Å²) in [4.78, 5) is 16.3. The number of piperazine rings is 1. The fraction of sp³-hybridized carbons (Fsp3) is 0.812. The highest BCUT2D eigenvalue weighted by molar-refractivity contribution is 7.15. The summed E-state index contributed by atoms with van der Waals surface area (Å²) in [6.45, 7) is 16.3. The number of hydrogen-bond donors (Lipinski definition) is 0. The van der Waals surface area contributed by atoms with Crippen LogP contribution in [0.15, 0.2) is 0 Å². The van der Waals surface area contributed by atoms with Gasteiger partial charge >= 0.3 is 6.09 Å². The molecule has 0 radical (unpaired) electrons. The first-order valence-corrected chi connectivity index (χ1v) is 8.87. The third-order valence-corrected chi connectivity index (χ3v) is 4.99. The van der Waals surface area contributed by atoms with Crippen molar-refractivity contribution < 1.29 is 9.53 Å². The minimum Gasteiger partial charge on any atom is -0.444 e. The molecule has 23 heavy (non-hydrogen) atoms. The molecule has 1 atom stereocenters. The van der Waals surface area contributed by atoms with Gasteiger partial charge in [-0.1, -0.05) is 32.1 Å². The second-order valence-electron chi connectivity index (χ2n) is 8.11. The normalized spacial score (nSPS) is 19.9. The molecule has 1 aliphatic heterocycles. The Hall–Kier alpha value is -1.37. The van der Waals surface area contributed by atoms with Crippen molar-refractivity contribution in [1.29, 1.82) is 0 Å². The quantitative estimate of drug-likeness (QED) is 0.785. The summed E-state index contributed by atoms with van der Waals surface area (Å²) in [5, 5.41) is 10.6. The Morgan fingerprint density at radius 2 is 1.83 bits per heavy atom. The van der Waals surface area contributed by atoms with Crippen LogP contribution >= 0.6 is 11.3 Å². The molecule has 0 N–H and O–H groups in total. The molecule has 0 saturated carbocycles. The first-order valence-electron chi connectivity index (χ1n) is 8.06. The van der Waals surface area contributed by atoms with Crippen LogP contribution in [-0.2, 0) is 10.2 Å². The number of carbonyl (C=O) groups excluding carboxylic acids is 1. The Balaban J connectivity index is 2.01. The largest absolute Gasteiger partial charge is 0.444 e. The van der Waals surface area contributed by atoms with E-state index in [0.29, 0.717) is 6.54 Å². The highest BCUT2D eigenvalue weighted by Crippen LogP contribution is 2.30. The van der Waals surface area contributed by atoms with Gasteiger partial charge in [0.15, 0.2) is 0 Å². The summed E-state index contributed by atoms with van der Waals surface area (Å²) in [5.41, 5.74) is -0.450. The molecule has 2 heterocycles. The minimum absolute atomic E-state index is 0.0138. The third kappa shape index (κ3) is 4.56. The van der Waals surface area contributed by atoms with E-state index in [0.717, 1.165) is 23.2 Å². The zero-order valence-electron chi connectivity index (χ0n) is 15.2. The minimum atomic E-state index is -0.464. The molecule has 0 bridgehead atoms. The topological polar surface area (TPSA) is 58.6 Å². The third-order valence-electron chi connectivity index (χ3n) is 3.58. The Morgan fingerprint density at radius 3 is 2.30 bits per heavy atom. The smallest absolute Gasteiger partial charge is 0.410 e. The maximum atomic E-state index is 12.3. The fourth-order valence-corrected chi connectivity index (χ4v) is 3.31. The van der Waals surface area contributed by atoms with Crippen molar-refractivity contribution in [1.82, 2.24) is 15.1 Å². The van der Waals surface area contributed by atoms with Crippen LogP contribution in [0.2, 0.25) is 0 Å². The Bertz CT molecular complexity index is 559. The monoisotopic (exact) mass is 340 g/mol. The lowest BCUT2D eigenvalue weighted by atomic mass is 9.98. The number of amides is 1. The van der Waals surface area contributed by atoms with Gasteiger partial charge in [0, 0.05) is 31.1 Å². The molecule has 1 aromatic heterocycles. The van der Waals surface area contributed by atoms with E-state index < -0.39 is 5.60 Å². The average molecular weight is 340 g/mol. The molecule has 6 nitrogen and oxygen atoms in total. The van der Waals surface area contributed by atoms with Crippen molar-refractivity contribution in [2.45, 2.75) is 65.5 Å². The summed E-state index contributed by atoms with van der Waals surface area (Å²) in [5.74, 6) is 0. The van der Waals surface area contributed by atoms with Crippen LogP contribution < -0.4 is 4.90 Å². The zero-order chi connectivity index (χ0) is 17.4. The Morgan fingerprint density at radius 1 is 1.17 bits per heavy atom. The molecule has 1 aromatic rings. The standard InChI is InChI=1S/C16H28N4O2S/c1-11-10-19(13-18-17-12(23-13)15(2,3)4)8-9-20(11)14(21)22-16(5,6)7/h11H,8-10H2,1-7H3/t11-/m1/s1. The maximum absolute atomic E-state index is 12.3. The van der Waals surface area contributed by atoms with Gasteiger partial charge in [-0.15, -0.1) is 10.2 Å². The Labute approximate surface area is 142 Å². The van der Waals surface area contributed by atoms with Crippen molar-refractivity contribution >= 4 is 22.6 Å². The van der Waals surface area contributed by atoms with Crippen molar-refractivity contribution in [3.63, 3.8) is 0 Å². The zero-order valence-corrected chi connectivity index (χ0v) is 16.0. The molecule has 1 aliphatic rings. The van der Waals surface area contributed by atoms with Gasteiger partial charge in [0.2, 0.25) is 5.13 Å². The molecule has 1 fully saturated rings. The van der Waals surface area contributed by atoms with Gasteiger partial charge in [0.05, 0.1) is 0 Å². The summed E-state index contributed by atoms with van der Waals surface area (Å²) in [7, 11) is 0. The van der Waals surface area contributed by atoms with Crippen molar-refractivity contribution in [2.24, 2.45) is 0 Å². The van der Waals surface area contributed by atoms with Crippen LogP contribution in [0.1, 0.15) is 53.5 Å².